The third-order valence-electron chi connectivity index (χ3n) is 5.07. The molecule has 1 atom stereocenters. The van der Waals surface area contributed by atoms with Crippen LogP contribution in [-0.4, -0.2) is 71.8 Å². The van der Waals surface area contributed by atoms with Crippen molar-refractivity contribution >= 4 is 45.1 Å². The number of aromatic nitrogens is 2. The molecule has 0 saturated heterocycles. The second-order valence-electron chi connectivity index (χ2n) is 8.25. The van der Waals surface area contributed by atoms with Gasteiger partial charge in [0.25, 0.3) is 5.91 Å². The van der Waals surface area contributed by atoms with Crippen LogP contribution in [0.4, 0.5) is 20.7 Å². The normalized spacial score (nSPS) is 11.9. The Morgan fingerprint density at radius 3 is 2.74 bits per heavy atom. The molecule has 35 heavy (non-hydrogen) atoms. The number of nitrogens with one attached hydrogen (secondary N) is 3. The van der Waals surface area contributed by atoms with Crippen LogP contribution in [0.15, 0.2) is 24.5 Å². The summed E-state index contributed by atoms with van der Waals surface area (Å²) < 4.78 is 19.7. The molecule has 0 aliphatic rings. The largest absolute Gasteiger partial charge is 0.487 e. The van der Waals surface area contributed by atoms with Crippen LogP contribution in [0.1, 0.15) is 28.6 Å². The van der Waals surface area contributed by atoms with Crippen LogP contribution >= 0.6 is 11.3 Å². The molecule has 188 valence electrons. The van der Waals surface area contributed by atoms with Gasteiger partial charge in [0.2, 0.25) is 0 Å². The predicted molar refractivity (Wildman–Crippen MR) is 133 cm³/mol. The molecule has 3 rings (SSSR count). The van der Waals surface area contributed by atoms with E-state index >= 15 is 0 Å². The number of carbonyl (C=O) groups excluding carboxylic acids is 1. The number of benzene rings is 1. The molecular formula is C23H29FN6O4S. The third kappa shape index (κ3) is 6.99. The van der Waals surface area contributed by atoms with Gasteiger partial charge < -0.3 is 30.7 Å². The number of halogens is 1. The molecule has 2 heterocycles. The Kier molecular flexibility index (Phi) is 8.77. The van der Waals surface area contributed by atoms with Crippen LogP contribution in [0.5, 0.6) is 5.75 Å². The lowest BCUT2D eigenvalue weighted by Crippen LogP contribution is -2.32. The maximum absolute atomic E-state index is 13.9. The summed E-state index contributed by atoms with van der Waals surface area (Å²) in [7, 11) is 3.96. The van der Waals surface area contributed by atoms with Crippen molar-refractivity contribution in [1.82, 2.24) is 25.5 Å². The van der Waals surface area contributed by atoms with Crippen molar-refractivity contribution in [3.63, 3.8) is 0 Å². The number of fused-ring (bicyclic) bond motifs is 1. The van der Waals surface area contributed by atoms with Gasteiger partial charge in [0.1, 0.15) is 34.6 Å². The highest BCUT2D eigenvalue weighted by Crippen LogP contribution is 2.36. The van der Waals surface area contributed by atoms with E-state index in [9.17, 15) is 14.0 Å². The number of hydrogen-bond donors (Lipinski definition) is 4. The zero-order chi connectivity index (χ0) is 25.5. The first-order valence-corrected chi connectivity index (χ1v) is 11.8. The zero-order valence-corrected chi connectivity index (χ0v) is 20.8. The number of carbonyl (C=O) groups is 2. The fourth-order valence-electron chi connectivity index (χ4n) is 3.37. The second kappa shape index (κ2) is 11.8. The van der Waals surface area contributed by atoms with Crippen LogP contribution in [0, 0.1) is 12.7 Å². The molecule has 1 unspecified atom stereocenters. The minimum Gasteiger partial charge on any atom is -0.487 e. The van der Waals surface area contributed by atoms with E-state index in [-0.39, 0.29) is 18.2 Å². The summed E-state index contributed by atoms with van der Waals surface area (Å²) >= 11 is 1.28. The number of carboxylic acid groups (broad SMARTS) is 1. The molecule has 0 radical (unpaired) electrons. The summed E-state index contributed by atoms with van der Waals surface area (Å²) in [5, 5.41) is 17.8. The van der Waals surface area contributed by atoms with Crippen LogP contribution in [-0.2, 0) is 0 Å². The standard InChI is InChI=1S/C23H29FN6O4S/c1-13(11-26-23(32)33)34-17-10-15(24)6-7-16(17)29-20-18-14(2)19(35-22(18)28-12-27-20)21(31)25-8-5-9-30(3)4/h6-7,10,12-13,26H,5,8-9,11H2,1-4H3,(H,25,31)(H,32,33)(H,27,28,29). The van der Waals surface area contributed by atoms with Crippen molar-refractivity contribution in [2.75, 3.05) is 39.0 Å². The van der Waals surface area contributed by atoms with Gasteiger partial charge in [-0.05, 0) is 58.6 Å². The number of anilines is 2. The third-order valence-corrected chi connectivity index (χ3v) is 6.26. The van der Waals surface area contributed by atoms with Gasteiger partial charge in [0, 0.05) is 12.6 Å². The lowest BCUT2D eigenvalue weighted by Gasteiger charge is -2.18. The maximum Gasteiger partial charge on any atom is 0.404 e. The van der Waals surface area contributed by atoms with E-state index in [1.54, 1.807) is 6.92 Å². The highest BCUT2D eigenvalue weighted by Gasteiger charge is 2.20. The smallest absolute Gasteiger partial charge is 0.404 e. The van der Waals surface area contributed by atoms with Gasteiger partial charge in [-0.3, -0.25) is 4.79 Å². The SMILES string of the molecule is Cc1c(C(=O)NCCCN(C)C)sc2ncnc(Nc3ccc(F)cc3OC(C)CNC(=O)O)c12. The first kappa shape index (κ1) is 26.1. The topological polar surface area (TPSA) is 129 Å². The van der Waals surface area contributed by atoms with Crippen LogP contribution in [0.3, 0.4) is 0 Å². The summed E-state index contributed by atoms with van der Waals surface area (Å²) in [6, 6.07) is 4.00. The molecule has 0 fully saturated rings. The number of rotatable bonds is 11. The Bertz CT molecular complexity index is 1200. The predicted octanol–water partition coefficient (Wildman–Crippen LogP) is 3.60. The van der Waals surface area contributed by atoms with Gasteiger partial charge in [-0.15, -0.1) is 11.3 Å². The lowest BCUT2D eigenvalue weighted by molar-refractivity contribution is 0.0956. The molecule has 4 N–H and O–H groups in total. The van der Waals surface area contributed by atoms with Gasteiger partial charge >= 0.3 is 6.09 Å². The lowest BCUT2D eigenvalue weighted by atomic mass is 10.2. The molecule has 1 aromatic carbocycles. The van der Waals surface area contributed by atoms with E-state index in [4.69, 9.17) is 9.84 Å². The molecule has 3 aromatic rings. The Labute approximate surface area is 206 Å². The highest BCUT2D eigenvalue weighted by molar-refractivity contribution is 7.20. The van der Waals surface area contributed by atoms with Gasteiger partial charge in [-0.25, -0.2) is 19.2 Å². The number of thiophene rings is 1. The zero-order valence-electron chi connectivity index (χ0n) is 20.0. The number of hydrogen-bond acceptors (Lipinski definition) is 8. The summed E-state index contributed by atoms with van der Waals surface area (Å²) in [5.74, 6) is -0.0242. The Hall–Kier alpha value is -3.51. The molecule has 0 aliphatic heterocycles. The number of ether oxygens (including phenoxy) is 1. The number of amides is 2. The summed E-state index contributed by atoms with van der Waals surface area (Å²) in [6.45, 7) is 4.97. The van der Waals surface area contributed by atoms with Crippen molar-refractivity contribution in [1.29, 1.82) is 0 Å². The van der Waals surface area contributed by atoms with Gasteiger partial charge in [-0.2, -0.15) is 0 Å². The Morgan fingerprint density at radius 2 is 2.03 bits per heavy atom. The maximum atomic E-state index is 13.9. The van der Waals surface area contributed by atoms with E-state index < -0.39 is 18.0 Å². The molecule has 10 nitrogen and oxygen atoms in total. The van der Waals surface area contributed by atoms with Crippen molar-refractivity contribution in [2.24, 2.45) is 0 Å². The molecule has 0 saturated carbocycles. The van der Waals surface area contributed by atoms with Crippen LogP contribution in [0.25, 0.3) is 10.2 Å². The van der Waals surface area contributed by atoms with E-state index in [2.05, 4.69) is 30.8 Å². The van der Waals surface area contributed by atoms with Gasteiger partial charge in [0.05, 0.1) is 22.5 Å². The first-order valence-electron chi connectivity index (χ1n) is 11.0. The molecule has 2 amide bonds. The number of nitrogens with zero attached hydrogens (tertiary/aromatic N) is 3. The monoisotopic (exact) mass is 504 g/mol. The van der Waals surface area contributed by atoms with Crippen LogP contribution < -0.4 is 20.7 Å². The molecule has 0 bridgehead atoms. The van der Waals surface area contributed by atoms with E-state index in [1.165, 1.54) is 35.9 Å². The van der Waals surface area contributed by atoms with Crippen molar-refractivity contribution in [2.45, 2.75) is 26.4 Å². The summed E-state index contributed by atoms with van der Waals surface area (Å²) in [4.78, 5) is 35.4. The van der Waals surface area contributed by atoms with Crippen molar-refractivity contribution in [3.05, 3.63) is 40.8 Å². The van der Waals surface area contributed by atoms with E-state index in [1.807, 2.05) is 21.0 Å². The van der Waals surface area contributed by atoms with Gasteiger partial charge in [-0.1, -0.05) is 0 Å². The Morgan fingerprint density at radius 1 is 1.26 bits per heavy atom. The summed E-state index contributed by atoms with van der Waals surface area (Å²) in [6.07, 6.45) is 0.503. The minimum absolute atomic E-state index is 0.0275. The molecule has 0 aliphatic carbocycles. The van der Waals surface area contributed by atoms with Crippen molar-refractivity contribution < 1.29 is 23.8 Å². The first-order chi connectivity index (χ1) is 16.7. The van der Waals surface area contributed by atoms with Gasteiger partial charge in [0.15, 0.2) is 0 Å². The minimum atomic E-state index is -1.17. The van der Waals surface area contributed by atoms with Crippen LogP contribution in [0.2, 0.25) is 0 Å². The highest BCUT2D eigenvalue weighted by atomic mass is 32.1. The molecule has 2 aromatic heterocycles. The average molecular weight is 505 g/mol. The molecule has 12 heteroatoms. The fourth-order valence-corrected chi connectivity index (χ4v) is 4.44. The van der Waals surface area contributed by atoms with Crippen molar-refractivity contribution in [3.8, 4) is 5.75 Å². The molecular weight excluding hydrogens is 475 g/mol. The fraction of sp³-hybridized carbons (Fsp3) is 0.391. The summed E-state index contributed by atoms with van der Waals surface area (Å²) in [5.41, 5.74) is 1.18. The average Bonchev–Trinajstić information content (AvgIpc) is 3.14. The van der Waals surface area contributed by atoms with E-state index in [0.29, 0.717) is 33.1 Å². The second-order valence-corrected chi connectivity index (χ2v) is 9.25. The van der Waals surface area contributed by atoms with E-state index in [0.717, 1.165) is 18.5 Å². The quantitative estimate of drug-likeness (QED) is 0.292. The Balaban J connectivity index is 1.83. The molecule has 0 spiro atoms. The number of aryl methyl sites for hydroxylation is 1.